The second-order valence-electron chi connectivity index (χ2n) is 6.89. The van der Waals surface area contributed by atoms with Gasteiger partial charge < -0.3 is 20.1 Å². The van der Waals surface area contributed by atoms with Gasteiger partial charge in [-0.05, 0) is 37.8 Å². The number of ether oxygens (including phenoxy) is 1. The van der Waals surface area contributed by atoms with Gasteiger partial charge in [0.25, 0.3) is 5.91 Å². The zero-order chi connectivity index (χ0) is 17.9. The molecule has 0 aromatic heterocycles. The number of aliphatic hydroxyl groups excluding tert-OH is 1. The van der Waals surface area contributed by atoms with E-state index in [1.54, 1.807) is 17.0 Å². The number of aliphatic hydroxyl groups is 1. The molecule has 2 atom stereocenters. The van der Waals surface area contributed by atoms with E-state index in [9.17, 15) is 14.7 Å². The van der Waals surface area contributed by atoms with Gasteiger partial charge in [-0.1, -0.05) is 19.1 Å². The summed E-state index contributed by atoms with van der Waals surface area (Å²) in [5, 5.41) is 13.3. The summed E-state index contributed by atoms with van der Waals surface area (Å²) in [6.07, 6.45) is 2.00. The van der Waals surface area contributed by atoms with Crippen molar-refractivity contribution in [2.75, 3.05) is 26.2 Å². The van der Waals surface area contributed by atoms with Crippen molar-refractivity contribution in [2.45, 2.75) is 38.7 Å². The van der Waals surface area contributed by atoms with E-state index < -0.39 is 11.5 Å². The maximum Gasteiger partial charge on any atom is 0.257 e. The highest BCUT2D eigenvalue weighted by Crippen LogP contribution is 2.38. The molecule has 136 valence electrons. The quantitative estimate of drug-likeness (QED) is 0.868. The molecule has 1 spiro atoms. The average Bonchev–Trinajstić information content (AvgIpc) is 2.64. The summed E-state index contributed by atoms with van der Waals surface area (Å²) < 4.78 is 5.70. The van der Waals surface area contributed by atoms with Gasteiger partial charge in [0, 0.05) is 19.6 Å². The molecule has 2 heterocycles. The first-order valence-corrected chi connectivity index (χ1v) is 9.06. The molecule has 2 saturated heterocycles. The minimum absolute atomic E-state index is 0.140. The second kappa shape index (κ2) is 7.44. The molecule has 1 aromatic carbocycles. The number of benzene rings is 1. The molecule has 0 unspecified atom stereocenters. The van der Waals surface area contributed by atoms with Gasteiger partial charge in [0.15, 0.2) is 0 Å². The maximum atomic E-state index is 13.1. The van der Waals surface area contributed by atoms with Gasteiger partial charge in [-0.3, -0.25) is 9.59 Å². The van der Waals surface area contributed by atoms with Crippen LogP contribution < -0.4 is 10.1 Å². The predicted octanol–water partition coefficient (Wildman–Crippen LogP) is 1.58. The molecule has 2 aliphatic heterocycles. The monoisotopic (exact) mass is 346 g/mol. The number of hydrogen-bond donors (Lipinski definition) is 2. The number of likely N-dealkylation sites (tertiary alicyclic amines) is 1. The van der Waals surface area contributed by atoms with Gasteiger partial charge >= 0.3 is 0 Å². The van der Waals surface area contributed by atoms with Crippen molar-refractivity contribution < 1.29 is 19.4 Å². The van der Waals surface area contributed by atoms with Gasteiger partial charge in [0.1, 0.15) is 5.75 Å². The molecule has 2 N–H and O–H groups in total. The van der Waals surface area contributed by atoms with Crippen LogP contribution in [-0.2, 0) is 4.79 Å². The summed E-state index contributed by atoms with van der Waals surface area (Å²) >= 11 is 0. The number of nitrogens with zero attached hydrogens (tertiary/aromatic N) is 1. The summed E-state index contributed by atoms with van der Waals surface area (Å²) in [5.41, 5.74) is -0.371. The Labute approximate surface area is 148 Å². The minimum atomic E-state index is -0.884. The molecule has 2 aliphatic rings. The van der Waals surface area contributed by atoms with E-state index in [0.717, 1.165) is 12.8 Å². The molecule has 0 saturated carbocycles. The zero-order valence-electron chi connectivity index (χ0n) is 14.7. The predicted molar refractivity (Wildman–Crippen MR) is 93.4 cm³/mol. The number of piperidine rings is 2. The van der Waals surface area contributed by atoms with E-state index in [2.05, 4.69) is 5.32 Å². The number of amides is 2. The molecule has 0 bridgehead atoms. The van der Waals surface area contributed by atoms with Crippen molar-refractivity contribution in [2.24, 2.45) is 5.41 Å². The van der Waals surface area contributed by atoms with E-state index in [-0.39, 0.29) is 18.4 Å². The van der Waals surface area contributed by atoms with E-state index in [1.807, 2.05) is 19.1 Å². The van der Waals surface area contributed by atoms with Gasteiger partial charge in [-0.15, -0.1) is 0 Å². The molecule has 6 nitrogen and oxygen atoms in total. The van der Waals surface area contributed by atoms with E-state index in [1.165, 1.54) is 0 Å². The molecule has 2 amide bonds. The van der Waals surface area contributed by atoms with Crippen LogP contribution in [0.3, 0.4) is 0 Å². The molecule has 6 heteroatoms. The van der Waals surface area contributed by atoms with Crippen molar-refractivity contribution in [1.29, 1.82) is 0 Å². The van der Waals surface area contributed by atoms with Crippen molar-refractivity contribution in [3.05, 3.63) is 29.8 Å². The third-order valence-corrected chi connectivity index (χ3v) is 5.19. The SMILES string of the molecule is CCCOc1ccccc1C(=O)N1CC[C@H](O)[C@@]2(CCCNC2=O)C1. The molecule has 0 radical (unpaired) electrons. The van der Waals surface area contributed by atoms with Crippen LogP contribution in [0.15, 0.2) is 24.3 Å². The lowest BCUT2D eigenvalue weighted by Crippen LogP contribution is -2.62. The lowest BCUT2D eigenvalue weighted by molar-refractivity contribution is -0.147. The fraction of sp³-hybridized carbons (Fsp3) is 0.579. The number of carbonyl (C=O) groups excluding carboxylic acids is 2. The first-order valence-electron chi connectivity index (χ1n) is 9.06. The second-order valence-corrected chi connectivity index (χ2v) is 6.89. The number of rotatable bonds is 4. The molecular formula is C19H26N2O4. The van der Waals surface area contributed by atoms with Crippen LogP contribution in [0.25, 0.3) is 0 Å². The van der Waals surface area contributed by atoms with E-state index in [4.69, 9.17) is 4.74 Å². The number of para-hydroxylation sites is 1. The maximum absolute atomic E-state index is 13.1. The third-order valence-electron chi connectivity index (χ3n) is 5.19. The highest BCUT2D eigenvalue weighted by molar-refractivity contribution is 5.97. The van der Waals surface area contributed by atoms with Gasteiger partial charge in [-0.2, -0.15) is 0 Å². The van der Waals surface area contributed by atoms with Crippen LogP contribution in [0.2, 0.25) is 0 Å². The summed E-state index contributed by atoms with van der Waals surface area (Å²) in [4.78, 5) is 27.2. The van der Waals surface area contributed by atoms with Crippen molar-refractivity contribution >= 4 is 11.8 Å². The fourth-order valence-electron chi connectivity index (χ4n) is 3.77. The highest BCUT2D eigenvalue weighted by Gasteiger charge is 2.50. The Bertz CT molecular complexity index is 648. The fourth-order valence-corrected chi connectivity index (χ4v) is 3.77. The van der Waals surface area contributed by atoms with Gasteiger partial charge in [-0.25, -0.2) is 0 Å². The van der Waals surface area contributed by atoms with Crippen LogP contribution in [0.4, 0.5) is 0 Å². The van der Waals surface area contributed by atoms with Crippen molar-refractivity contribution in [3.8, 4) is 5.75 Å². The Morgan fingerprint density at radius 3 is 3.00 bits per heavy atom. The van der Waals surface area contributed by atoms with Crippen molar-refractivity contribution in [3.63, 3.8) is 0 Å². The summed E-state index contributed by atoms with van der Waals surface area (Å²) in [6.45, 7) is 3.89. The Balaban J connectivity index is 1.82. The highest BCUT2D eigenvalue weighted by atomic mass is 16.5. The number of hydrogen-bond acceptors (Lipinski definition) is 4. The number of carbonyl (C=O) groups is 2. The minimum Gasteiger partial charge on any atom is -0.493 e. The van der Waals surface area contributed by atoms with Crippen LogP contribution in [0.1, 0.15) is 43.0 Å². The molecule has 25 heavy (non-hydrogen) atoms. The first-order chi connectivity index (χ1) is 12.1. The Morgan fingerprint density at radius 2 is 2.24 bits per heavy atom. The molecule has 1 aromatic rings. The average molecular weight is 346 g/mol. The number of nitrogens with one attached hydrogen (secondary N) is 1. The molecule has 0 aliphatic carbocycles. The Kier molecular flexibility index (Phi) is 5.27. The van der Waals surface area contributed by atoms with Gasteiger partial charge in [0.2, 0.25) is 5.91 Å². The normalized spacial score (nSPS) is 26.4. The van der Waals surface area contributed by atoms with Crippen LogP contribution in [0.5, 0.6) is 5.75 Å². The lowest BCUT2D eigenvalue weighted by atomic mass is 9.71. The smallest absolute Gasteiger partial charge is 0.257 e. The Hall–Kier alpha value is -2.08. The lowest BCUT2D eigenvalue weighted by Gasteiger charge is -2.46. The standard InChI is InChI=1S/C19H26N2O4/c1-2-12-25-15-7-4-3-6-14(15)17(23)21-11-8-16(22)19(13-21)9-5-10-20-18(19)24/h3-4,6-7,16,22H,2,5,8-13H2,1H3,(H,20,24)/t16-,19+/m0/s1. The zero-order valence-corrected chi connectivity index (χ0v) is 14.7. The largest absolute Gasteiger partial charge is 0.493 e. The van der Waals surface area contributed by atoms with Crippen LogP contribution >= 0.6 is 0 Å². The third kappa shape index (κ3) is 3.35. The summed E-state index contributed by atoms with van der Waals surface area (Å²) in [6, 6.07) is 7.21. The summed E-state index contributed by atoms with van der Waals surface area (Å²) in [5.74, 6) is 0.290. The van der Waals surface area contributed by atoms with E-state index >= 15 is 0 Å². The molecule has 2 fully saturated rings. The molecular weight excluding hydrogens is 320 g/mol. The van der Waals surface area contributed by atoms with Crippen LogP contribution in [0, 0.1) is 5.41 Å². The van der Waals surface area contributed by atoms with E-state index in [0.29, 0.717) is 43.9 Å². The van der Waals surface area contributed by atoms with Crippen LogP contribution in [-0.4, -0.2) is 54.2 Å². The topological polar surface area (TPSA) is 78.9 Å². The van der Waals surface area contributed by atoms with Gasteiger partial charge in [0.05, 0.1) is 23.7 Å². The Morgan fingerprint density at radius 1 is 1.44 bits per heavy atom. The first kappa shape index (κ1) is 17.7. The van der Waals surface area contributed by atoms with Crippen molar-refractivity contribution in [1.82, 2.24) is 10.2 Å². The molecule has 3 rings (SSSR count). The summed E-state index contributed by atoms with van der Waals surface area (Å²) in [7, 11) is 0.